The molecule has 1 saturated heterocycles. The van der Waals surface area contributed by atoms with Crippen LogP contribution in [-0.4, -0.2) is 40.6 Å². The minimum absolute atomic E-state index is 0.00649. The summed E-state index contributed by atoms with van der Waals surface area (Å²) in [6.07, 6.45) is 3.68. The van der Waals surface area contributed by atoms with Gasteiger partial charge in [0, 0.05) is 29.6 Å². The third-order valence-electron chi connectivity index (χ3n) is 5.04. The molecule has 0 saturated carbocycles. The van der Waals surface area contributed by atoms with E-state index in [4.69, 9.17) is 0 Å². The van der Waals surface area contributed by atoms with Crippen molar-refractivity contribution in [3.8, 4) is 0 Å². The van der Waals surface area contributed by atoms with Crippen LogP contribution in [-0.2, 0) is 13.0 Å². The second-order valence-electron chi connectivity index (χ2n) is 8.14. The summed E-state index contributed by atoms with van der Waals surface area (Å²) < 4.78 is 0. The van der Waals surface area contributed by atoms with Gasteiger partial charge in [-0.3, -0.25) is 9.69 Å². The molecule has 3 rings (SSSR count). The van der Waals surface area contributed by atoms with Gasteiger partial charge in [0.15, 0.2) is 0 Å². The molecular formula is C22H30N2O2S. The lowest BCUT2D eigenvalue weighted by molar-refractivity contribution is 0.0713. The number of benzene rings is 1. The second kappa shape index (κ2) is 9.00. The number of rotatable bonds is 7. The van der Waals surface area contributed by atoms with Crippen LogP contribution in [0.4, 0.5) is 0 Å². The minimum atomic E-state index is -0.661. The maximum atomic E-state index is 12.6. The highest BCUT2D eigenvalue weighted by Gasteiger charge is 2.22. The fraction of sp³-hybridized carbons (Fsp3) is 0.500. The molecule has 0 bridgehead atoms. The molecule has 1 amide bonds. The van der Waals surface area contributed by atoms with E-state index in [0.29, 0.717) is 12.0 Å². The van der Waals surface area contributed by atoms with Gasteiger partial charge in [-0.25, -0.2) is 0 Å². The summed E-state index contributed by atoms with van der Waals surface area (Å²) in [5, 5.41) is 15.2. The summed E-state index contributed by atoms with van der Waals surface area (Å²) in [4.78, 5) is 16.4. The number of carbonyl (C=O) groups is 1. The van der Waals surface area contributed by atoms with Crippen molar-refractivity contribution < 1.29 is 9.90 Å². The zero-order valence-corrected chi connectivity index (χ0v) is 17.1. The van der Waals surface area contributed by atoms with Crippen LogP contribution in [0, 0.1) is 0 Å². The summed E-state index contributed by atoms with van der Waals surface area (Å²) in [5.74, 6) is 0.00649. The standard InChI is InChI=1S/C22H30N2O2S/c1-22(2,26)12-11-17-7-9-18(10-8-17)21(25)23-19-5-3-13-24(15-19)16-20-6-4-14-27-20/h4,6-10,14,19,26H,3,5,11-13,15-16H2,1-2H3,(H,23,25). The molecule has 4 nitrogen and oxygen atoms in total. The van der Waals surface area contributed by atoms with E-state index in [1.807, 2.05) is 38.1 Å². The molecule has 1 aromatic heterocycles. The Balaban J connectivity index is 1.50. The van der Waals surface area contributed by atoms with Crippen LogP contribution in [0.5, 0.6) is 0 Å². The topological polar surface area (TPSA) is 52.6 Å². The Morgan fingerprint density at radius 3 is 2.74 bits per heavy atom. The van der Waals surface area contributed by atoms with Crippen LogP contribution in [0.15, 0.2) is 41.8 Å². The van der Waals surface area contributed by atoms with Crippen LogP contribution >= 0.6 is 11.3 Å². The molecule has 1 fully saturated rings. The van der Waals surface area contributed by atoms with E-state index < -0.39 is 5.60 Å². The number of aryl methyl sites for hydroxylation is 1. The van der Waals surface area contributed by atoms with Gasteiger partial charge in [-0.1, -0.05) is 18.2 Å². The largest absolute Gasteiger partial charge is 0.390 e. The lowest BCUT2D eigenvalue weighted by atomic mass is 9.98. The third kappa shape index (κ3) is 6.45. The van der Waals surface area contributed by atoms with Crippen molar-refractivity contribution in [3.05, 3.63) is 57.8 Å². The van der Waals surface area contributed by atoms with Crippen LogP contribution in [0.1, 0.15) is 53.9 Å². The third-order valence-corrected chi connectivity index (χ3v) is 5.90. The molecule has 2 heterocycles. The number of thiophene rings is 1. The average molecular weight is 387 g/mol. The number of nitrogens with zero attached hydrogens (tertiary/aromatic N) is 1. The maximum Gasteiger partial charge on any atom is 0.251 e. The van der Waals surface area contributed by atoms with E-state index in [-0.39, 0.29) is 11.9 Å². The number of hydrogen-bond acceptors (Lipinski definition) is 4. The molecule has 146 valence electrons. The number of carbonyl (C=O) groups excluding carboxylic acids is 1. The first-order valence-electron chi connectivity index (χ1n) is 9.76. The van der Waals surface area contributed by atoms with Crippen LogP contribution in [0.3, 0.4) is 0 Å². The first-order valence-corrected chi connectivity index (χ1v) is 10.6. The molecule has 0 radical (unpaired) electrons. The Kier molecular flexibility index (Phi) is 6.68. The Hall–Kier alpha value is -1.69. The zero-order valence-electron chi connectivity index (χ0n) is 16.3. The quantitative estimate of drug-likeness (QED) is 0.760. The molecule has 1 atom stereocenters. The summed E-state index contributed by atoms with van der Waals surface area (Å²) in [5.41, 5.74) is 1.19. The van der Waals surface area contributed by atoms with Gasteiger partial charge < -0.3 is 10.4 Å². The molecule has 0 spiro atoms. The highest BCUT2D eigenvalue weighted by atomic mass is 32.1. The van der Waals surface area contributed by atoms with Crippen molar-refractivity contribution in [1.29, 1.82) is 0 Å². The summed E-state index contributed by atoms with van der Waals surface area (Å²) in [6, 6.07) is 12.2. The van der Waals surface area contributed by atoms with Crippen LogP contribution in [0.25, 0.3) is 0 Å². The van der Waals surface area contributed by atoms with E-state index >= 15 is 0 Å². The molecule has 5 heteroatoms. The molecule has 2 N–H and O–H groups in total. The fourth-order valence-corrected chi connectivity index (χ4v) is 4.23. The van der Waals surface area contributed by atoms with E-state index in [1.54, 1.807) is 11.3 Å². The second-order valence-corrected chi connectivity index (χ2v) is 9.17. The SMILES string of the molecule is CC(C)(O)CCc1ccc(C(=O)NC2CCCN(Cc3cccs3)C2)cc1. The monoisotopic (exact) mass is 386 g/mol. The van der Waals surface area contributed by atoms with Gasteiger partial charge in [-0.05, 0) is 75.2 Å². The molecule has 1 aliphatic rings. The van der Waals surface area contributed by atoms with Gasteiger partial charge >= 0.3 is 0 Å². The number of piperidine rings is 1. The van der Waals surface area contributed by atoms with Crippen molar-refractivity contribution in [2.45, 2.75) is 57.7 Å². The molecule has 1 aliphatic heterocycles. The van der Waals surface area contributed by atoms with Gasteiger partial charge in [0.1, 0.15) is 0 Å². The highest BCUT2D eigenvalue weighted by molar-refractivity contribution is 7.09. The minimum Gasteiger partial charge on any atom is -0.390 e. The fourth-order valence-electron chi connectivity index (χ4n) is 3.48. The average Bonchev–Trinajstić information content (AvgIpc) is 3.13. The molecule has 2 aromatic rings. The van der Waals surface area contributed by atoms with Crippen molar-refractivity contribution in [2.24, 2.45) is 0 Å². The first kappa shape index (κ1) is 20.1. The summed E-state index contributed by atoms with van der Waals surface area (Å²) in [6.45, 7) is 6.62. The molecular weight excluding hydrogens is 356 g/mol. The Morgan fingerprint density at radius 1 is 1.30 bits per heavy atom. The van der Waals surface area contributed by atoms with Crippen LogP contribution in [0.2, 0.25) is 0 Å². The summed E-state index contributed by atoms with van der Waals surface area (Å²) >= 11 is 1.79. The zero-order chi connectivity index (χ0) is 19.3. The lowest BCUT2D eigenvalue weighted by Crippen LogP contribution is -2.47. The molecule has 0 aliphatic carbocycles. The highest BCUT2D eigenvalue weighted by Crippen LogP contribution is 2.18. The van der Waals surface area contributed by atoms with Crippen molar-refractivity contribution >= 4 is 17.2 Å². The Bertz CT molecular complexity index is 720. The van der Waals surface area contributed by atoms with E-state index in [0.717, 1.165) is 44.5 Å². The van der Waals surface area contributed by atoms with Gasteiger partial charge in [0.25, 0.3) is 5.91 Å². The van der Waals surface area contributed by atoms with Crippen LogP contribution < -0.4 is 5.32 Å². The maximum absolute atomic E-state index is 12.6. The van der Waals surface area contributed by atoms with E-state index in [2.05, 4.69) is 27.7 Å². The first-order chi connectivity index (χ1) is 12.9. The Morgan fingerprint density at radius 2 is 2.07 bits per heavy atom. The van der Waals surface area contributed by atoms with E-state index in [9.17, 15) is 9.90 Å². The van der Waals surface area contributed by atoms with Gasteiger partial charge in [0.05, 0.1) is 5.60 Å². The number of likely N-dealkylation sites (tertiary alicyclic amines) is 1. The molecule has 27 heavy (non-hydrogen) atoms. The van der Waals surface area contributed by atoms with Crippen molar-refractivity contribution in [2.75, 3.05) is 13.1 Å². The lowest BCUT2D eigenvalue weighted by Gasteiger charge is -2.32. The van der Waals surface area contributed by atoms with Gasteiger partial charge in [-0.15, -0.1) is 11.3 Å². The predicted molar refractivity (Wildman–Crippen MR) is 111 cm³/mol. The number of amides is 1. The van der Waals surface area contributed by atoms with Gasteiger partial charge in [0.2, 0.25) is 0 Å². The predicted octanol–water partition coefficient (Wildman–Crippen LogP) is 3.85. The van der Waals surface area contributed by atoms with Crippen molar-refractivity contribution in [3.63, 3.8) is 0 Å². The summed E-state index contributed by atoms with van der Waals surface area (Å²) in [7, 11) is 0. The number of aliphatic hydroxyl groups is 1. The smallest absolute Gasteiger partial charge is 0.251 e. The molecule has 1 unspecified atom stereocenters. The van der Waals surface area contributed by atoms with E-state index in [1.165, 1.54) is 4.88 Å². The van der Waals surface area contributed by atoms with Crippen molar-refractivity contribution in [1.82, 2.24) is 10.2 Å². The number of nitrogens with one attached hydrogen (secondary N) is 1. The molecule has 1 aromatic carbocycles. The number of hydrogen-bond donors (Lipinski definition) is 2. The Labute approximate surface area is 166 Å². The normalized spacial score (nSPS) is 18.4. The van der Waals surface area contributed by atoms with Gasteiger partial charge in [-0.2, -0.15) is 0 Å².